The van der Waals surface area contributed by atoms with E-state index in [2.05, 4.69) is 17.6 Å². The minimum absolute atomic E-state index is 0.101. The predicted octanol–water partition coefficient (Wildman–Crippen LogP) is 3.65. The van der Waals surface area contributed by atoms with Crippen molar-refractivity contribution in [3.63, 3.8) is 0 Å². The van der Waals surface area contributed by atoms with Crippen LogP contribution in [0.15, 0.2) is 76.7 Å². The van der Waals surface area contributed by atoms with E-state index in [4.69, 9.17) is 4.74 Å². The lowest BCUT2D eigenvalue weighted by atomic mass is 10.1. The minimum Gasteiger partial charge on any atom is -0.378 e. The fraction of sp³-hybridized carbons (Fsp3) is 0.407. The number of nitrogens with zero attached hydrogens (tertiary/aromatic N) is 1. The molecule has 0 saturated carbocycles. The Labute approximate surface area is 213 Å². The van der Waals surface area contributed by atoms with Crippen molar-refractivity contribution in [2.24, 2.45) is 0 Å². The summed E-state index contributed by atoms with van der Waals surface area (Å²) in [5.41, 5.74) is 0.847. The van der Waals surface area contributed by atoms with Gasteiger partial charge in [-0.25, -0.2) is 13.2 Å². The summed E-state index contributed by atoms with van der Waals surface area (Å²) in [5.74, 6) is -0.582. The highest BCUT2D eigenvalue weighted by Crippen LogP contribution is 2.19. The van der Waals surface area contributed by atoms with Crippen molar-refractivity contribution in [3.8, 4) is 0 Å². The number of morpholine rings is 1. The van der Waals surface area contributed by atoms with E-state index in [0.29, 0.717) is 32.7 Å². The van der Waals surface area contributed by atoms with Crippen LogP contribution in [0.4, 0.5) is 4.79 Å². The molecule has 0 spiro atoms. The molecule has 2 aromatic rings. The lowest BCUT2D eigenvalue weighted by Gasteiger charge is -2.29. The number of amides is 3. The summed E-state index contributed by atoms with van der Waals surface area (Å²) in [6.07, 6.45) is 5.06. The van der Waals surface area contributed by atoms with Crippen LogP contribution in [-0.2, 0) is 25.8 Å². The summed E-state index contributed by atoms with van der Waals surface area (Å²) >= 11 is 0. The van der Waals surface area contributed by atoms with E-state index in [9.17, 15) is 18.0 Å². The van der Waals surface area contributed by atoms with Crippen LogP contribution in [0.2, 0.25) is 0 Å². The van der Waals surface area contributed by atoms with Gasteiger partial charge >= 0.3 is 6.03 Å². The molecule has 1 atom stereocenters. The molecule has 1 aliphatic heterocycles. The van der Waals surface area contributed by atoms with Crippen molar-refractivity contribution >= 4 is 21.8 Å². The van der Waals surface area contributed by atoms with Gasteiger partial charge in [-0.15, -0.1) is 0 Å². The summed E-state index contributed by atoms with van der Waals surface area (Å²) in [6.45, 7) is 3.79. The van der Waals surface area contributed by atoms with Crippen LogP contribution in [0.1, 0.15) is 38.2 Å². The lowest BCUT2D eigenvalue weighted by Crippen LogP contribution is -2.54. The number of rotatable bonds is 11. The first-order valence-corrected chi connectivity index (χ1v) is 13.9. The number of unbranched alkanes of at least 4 members (excludes halogenated alkanes) is 3. The third kappa shape index (κ3) is 7.93. The highest BCUT2D eigenvalue weighted by atomic mass is 32.2. The molecule has 0 unspecified atom stereocenters. The molecule has 1 saturated heterocycles. The van der Waals surface area contributed by atoms with Crippen LogP contribution < -0.4 is 10.6 Å². The van der Waals surface area contributed by atoms with Crippen molar-refractivity contribution in [2.45, 2.75) is 50.0 Å². The van der Waals surface area contributed by atoms with Gasteiger partial charge in [0.15, 0.2) is 0 Å². The van der Waals surface area contributed by atoms with Gasteiger partial charge in [-0.1, -0.05) is 68.3 Å². The molecule has 1 fully saturated rings. The summed E-state index contributed by atoms with van der Waals surface area (Å²) in [6, 6.07) is 16.0. The second-order valence-electron chi connectivity index (χ2n) is 8.66. The average molecular weight is 514 g/mol. The summed E-state index contributed by atoms with van der Waals surface area (Å²) in [5, 5.41) is 5.28. The molecule has 8 nitrogen and oxygen atoms in total. The monoisotopic (exact) mass is 513 g/mol. The van der Waals surface area contributed by atoms with E-state index in [1.165, 1.54) is 12.1 Å². The van der Waals surface area contributed by atoms with E-state index in [1.54, 1.807) is 29.2 Å². The van der Waals surface area contributed by atoms with Crippen LogP contribution in [0.25, 0.3) is 0 Å². The topological polar surface area (TPSA) is 105 Å². The second-order valence-corrected chi connectivity index (χ2v) is 10.6. The number of ether oxygens (including phenoxy) is 1. The highest BCUT2D eigenvalue weighted by Gasteiger charge is 2.29. The van der Waals surface area contributed by atoms with Gasteiger partial charge in [-0.05, 0) is 36.6 Å². The first-order valence-electron chi connectivity index (χ1n) is 12.4. The Hall–Kier alpha value is -3.17. The van der Waals surface area contributed by atoms with Crippen molar-refractivity contribution < 1.29 is 22.7 Å². The van der Waals surface area contributed by atoms with E-state index in [0.717, 1.165) is 24.8 Å². The Morgan fingerprint density at radius 2 is 1.64 bits per heavy atom. The van der Waals surface area contributed by atoms with Crippen LogP contribution in [-0.4, -0.2) is 57.6 Å². The lowest BCUT2D eigenvalue weighted by molar-refractivity contribution is -0.122. The first-order chi connectivity index (χ1) is 17.4. The Morgan fingerprint density at radius 3 is 2.28 bits per heavy atom. The highest BCUT2D eigenvalue weighted by molar-refractivity contribution is 7.95. The number of hydrogen-bond acceptors (Lipinski definition) is 5. The van der Waals surface area contributed by atoms with Gasteiger partial charge in [0.1, 0.15) is 11.1 Å². The van der Waals surface area contributed by atoms with Gasteiger partial charge in [0.2, 0.25) is 15.7 Å². The van der Waals surface area contributed by atoms with E-state index < -0.39 is 21.8 Å². The molecule has 1 aliphatic rings. The Bertz CT molecular complexity index is 1110. The number of hydrogen-bond donors (Lipinski definition) is 2. The maximum absolute atomic E-state index is 13.5. The minimum atomic E-state index is -3.95. The Morgan fingerprint density at radius 1 is 1.00 bits per heavy atom. The van der Waals surface area contributed by atoms with E-state index >= 15 is 0 Å². The van der Waals surface area contributed by atoms with Crippen LogP contribution >= 0.6 is 0 Å². The summed E-state index contributed by atoms with van der Waals surface area (Å²) in [4.78, 5) is 28.1. The number of allylic oxidation sites excluding steroid dienone is 1. The zero-order valence-electron chi connectivity index (χ0n) is 20.7. The largest absolute Gasteiger partial charge is 0.378 e. The zero-order valence-corrected chi connectivity index (χ0v) is 21.5. The number of benzene rings is 2. The molecule has 0 bridgehead atoms. The molecule has 1 heterocycles. The van der Waals surface area contributed by atoms with Gasteiger partial charge in [-0.2, -0.15) is 0 Å². The molecule has 36 heavy (non-hydrogen) atoms. The third-order valence-corrected chi connectivity index (χ3v) is 7.66. The molecule has 2 aromatic carbocycles. The van der Waals surface area contributed by atoms with Gasteiger partial charge < -0.3 is 20.3 Å². The molecule has 3 rings (SSSR count). The maximum atomic E-state index is 13.5. The standard InChI is InChI=1S/C27H35N3O5S/c1-2-3-4-11-16-25(36(33,34)23-14-9-6-10-15-23)29-26(31)24(21-22-12-7-5-8-13-22)28-27(32)30-17-19-35-20-18-30/h5-10,12-16,24H,2-4,11,17-21H2,1H3,(H,28,32)(H,29,31)/t24-/m0/s1. The molecular formula is C27H35N3O5S. The fourth-order valence-corrected chi connectivity index (χ4v) is 5.20. The number of carbonyl (C=O) groups is 2. The molecule has 3 amide bonds. The fourth-order valence-electron chi connectivity index (χ4n) is 3.86. The summed E-state index contributed by atoms with van der Waals surface area (Å²) < 4.78 is 32.1. The van der Waals surface area contributed by atoms with Crippen LogP contribution in [0, 0.1) is 0 Å². The van der Waals surface area contributed by atoms with Gasteiger partial charge in [0.05, 0.1) is 18.1 Å². The number of sulfone groups is 1. The predicted molar refractivity (Wildman–Crippen MR) is 139 cm³/mol. The average Bonchev–Trinajstić information content (AvgIpc) is 2.91. The van der Waals surface area contributed by atoms with Gasteiger partial charge in [0.25, 0.3) is 0 Å². The molecule has 2 N–H and O–H groups in total. The maximum Gasteiger partial charge on any atom is 0.318 e. The first kappa shape index (κ1) is 27.4. The number of urea groups is 1. The molecule has 0 radical (unpaired) electrons. The molecule has 0 aromatic heterocycles. The quantitative estimate of drug-likeness (QED) is 0.446. The zero-order chi connectivity index (χ0) is 25.8. The molecule has 0 aliphatic carbocycles. The van der Waals surface area contributed by atoms with Crippen molar-refractivity contribution in [1.82, 2.24) is 15.5 Å². The van der Waals surface area contributed by atoms with Gasteiger partial charge in [-0.3, -0.25) is 4.79 Å². The SMILES string of the molecule is CCCCCC=C(NC(=O)[C@H](Cc1ccccc1)NC(=O)N1CCOCC1)S(=O)(=O)c1ccccc1. The van der Waals surface area contributed by atoms with Crippen molar-refractivity contribution in [2.75, 3.05) is 26.3 Å². The molecule has 194 valence electrons. The molecular weight excluding hydrogens is 478 g/mol. The molecule has 9 heteroatoms. The normalized spacial score (nSPS) is 15.2. The van der Waals surface area contributed by atoms with Crippen molar-refractivity contribution in [3.05, 3.63) is 77.3 Å². The van der Waals surface area contributed by atoms with Crippen LogP contribution in [0.5, 0.6) is 0 Å². The number of carbonyl (C=O) groups excluding carboxylic acids is 2. The van der Waals surface area contributed by atoms with E-state index in [-0.39, 0.29) is 22.4 Å². The number of nitrogens with one attached hydrogen (secondary N) is 2. The van der Waals surface area contributed by atoms with E-state index in [1.807, 2.05) is 30.3 Å². The Kier molecular flexibility index (Phi) is 10.5. The van der Waals surface area contributed by atoms with Crippen LogP contribution in [0.3, 0.4) is 0 Å². The second kappa shape index (κ2) is 13.8. The third-order valence-electron chi connectivity index (χ3n) is 5.92. The van der Waals surface area contributed by atoms with Crippen molar-refractivity contribution in [1.29, 1.82) is 0 Å². The Balaban J connectivity index is 1.84. The van der Waals surface area contributed by atoms with Gasteiger partial charge in [0, 0.05) is 19.5 Å². The smallest absolute Gasteiger partial charge is 0.318 e. The summed E-state index contributed by atoms with van der Waals surface area (Å²) in [7, 11) is -3.95.